The van der Waals surface area contributed by atoms with Crippen LogP contribution in [0, 0.1) is 3.57 Å². The van der Waals surface area contributed by atoms with Crippen molar-refractivity contribution in [3.63, 3.8) is 0 Å². The molecule has 2 nitrogen and oxygen atoms in total. The van der Waals surface area contributed by atoms with Crippen LogP contribution in [-0.4, -0.2) is 11.5 Å². The molecule has 3 heteroatoms. The molecule has 1 atom stereocenters. The van der Waals surface area contributed by atoms with E-state index in [9.17, 15) is 0 Å². The van der Waals surface area contributed by atoms with Gasteiger partial charge in [0.05, 0.1) is 11.6 Å². The fourth-order valence-corrected chi connectivity index (χ4v) is 3.13. The van der Waals surface area contributed by atoms with Crippen LogP contribution in [0.15, 0.2) is 60.8 Å². The van der Waals surface area contributed by atoms with Crippen molar-refractivity contribution in [3.8, 4) is 0 Å². The largest absolute Gasteiger partial charge is 0.306 e. The summed E-state index contributed by atoms with van der Waals surface area (Å²) in [5.74, 6) is 0. The molecule has 3 rings (SSSR count). The summed E-state index contributed by atoms with van der Waals surface area (Å²) in [6.07, 6.45) is 1.98. The summed E-state index contributed by atoms with van der Waals surface area (Å²) in [7, 11) is 0. The molecule has 0 aliphatic heterocycles. The predicted octanol–water partition coefficient (Wildman–Crippen LogP) is 4.54. The molecule has 21 heavy (non-hydrogen) atoms. The van der Waals surface area contributed by atoms with Crippen LogP contribution in [0.3, 0.4) is 0 Å². The smallest absolute Gasteiger partial charge is 0.0702 e. The highest BCUT2D eigenvalue weighted by atomic mass is 127. The average molecular weight is 388 g/mol. The Labute approximate surface area is 138 Å². The van der Waals surface area contributed by atoms with E-state index in [0.717, 1.165) is 12.1 Å². The van der Waals surface area contributed by atoms with Gasteiger partial charge >= 0.3 is 0 Å². The monoisotopic (exact) mass is 388 g/mol. The van der Waals surface area contributed by atoms with Crippen molar-refractivity contribution >= 4 is 33.5 Å². The predicted molar refractivity (Wildman–Crippen MR) is 96.4 cm³/mol. The molecule has 1 N–H and O–H groups in total. The molecule has 0 aliphatic rings. The molecule has 1 unspecified atom stereocenters. The van der Waals surface area contributed by atoms with Gasteiger partial charge in [-0.2, -0.15) is 0 Å². The van der Waals surface area contributed by atoms with Gasteiger partial charge in [0.25, 0.3) is 0 Å². The van der Waals surface area contributed by atoms with E-state index in [2.05, 4.69) is 82.3 Å². The Kier molecular flexibility index (Phi) is 4.51. The number of para-hydroxylation sites is 1. The van der Waals surface area contributed by atoms with E-state index in [-0.39, 0.29) is 6.04 Å². The average Bonchev–Trinajstić information content (AvgIpc) is 2.52. The minimum absolute atomic E-state index is 0.182. The van der Waals surface area contributed by atoms with Crippen LogP contribution < -0.4 is 5.32 Å². The van der Waals surface area contributed by atoms with E-state index in [1.165, 1.54) is 20.1 Å². The maximum atomic E-state index is 4.59. The lowest BCUT2D eigenvalue weighted by Crippen LogP contribution is -2.22. The quantitative estimate of drug-likeness (QED) is 0.664. The highest BCUT2D eigenvalue weighted by Gasteiger charge is 2.14. The molecule has 3 aromatic rings. The van der Waals surface area contributed by atoms with E-state index in [1.807, 2.05) is 18.3 Å². The Balaban J connectivity index is 2.06. The molecule has 1 aromatic heterocycles. The van der Waals surface area contributed by atoms with E-state index in [1.54, 1.807) is 0 Å². The fourth-order valence-electron chi connectivity index (χ4n) is 2.56. The Morgan fingerprint density at radius 3 is 2.71 bits per heavy atom. The van der Waals surface area contributed by atoms with Gasteiger partial charge in [-0.05, 0) is 64.5 Å². The van der Waals surface area contributed by atoms with Gasteiger partial charge in [-0.15, -0.1) is 0 Å². The number of hydrogen-bond donors (Lipinski definition) is 1. The van der Waals surface area contributed by atoms with Crippen LogP contribution in [0.25, 0.3) is 10.9 Å². The lowest BCUT2D eigenvalue weighted by Gasteiger charge is -2.19. The first kappa shape index (κ1) is 14.5. The third-order valence-electron chi connectivity index (χ3n) is 3.54. The summed E-state index contributed by atoms with van der Waals surface area (Å²) in [6.45, 7) is 3.05. The van der Waals surface area contributed by atoms with Crippen molar-refractivity contribution < 1.29 is 0 Å². The van der Waals surface area contributed by atoms with E-state index < -0.39 is 0 Å². The van der Waals surface area contributed by atoms with Crippen LogP contribution in [0.5, 0.6) is 0 Å². The first-order chi connectivity index (χ1) is 10.3. The van der Waals surface area contributed by atoms with Gasteiger partial charge in [-0.25, -0.2) is 0 Å². The molecule has 106 valence electrons. The zero-order valence-electron chi connectivity index (χ0n) is 11.9. The van der Waals surface area contributed by atoms with Gasteiger partial charge in [0.15, 0.2) is 0 Å². The zero-order chi connectivity index (χ0) is 14.7. The minimum atomic E-state index is 0.182. The molecule has 0 fully saturated rings. The number of benzene rings is 2. The van der Waals surface area contributed by atoms with E-state index >= 15 is 0 Å². The lowest BCUT2D eigenvalue weighted by molar-refractivity contribution is 0.629. The first-order valence-electron chi connectivity index (χ1n) is 7.11. The van der Waals surface area contributed by atoms with Gasteiger partial charge in [0.1, 0.15) is 0 Å². The summed E-state index contributed by atoms with van der Waals surface area (Å²) < 4.78 is 1.25. The van der Waals surface area contributed by atoms with Crippen molar-refractivity contribution in [2.45, 2.75) is 13.0 Å². The third kappa shape index (κ3) is 3.24. The van der Waals surface area contributed by atoms with Gasteiger partial charge < -0.3 is 5.32 Å². The van der Waals surface area contributed by atoms with Crippen LogP contribution in [0.2, 0.25) is 0 Å². The molecule has 0 amide bonds. The van der Waals surface area contributed by atoms with Crippen molar-refractivity contribution in [3.05, 3.63) is 75.5 Å². The van der Waals surface area contributed by atoms with Crippen molar-refractivity contribution in [1.29, 1.82) is 0 Å². The number of rotatable bonds is 4. The van der Waals surface area contributed by atoms with Crippen molar-refractivity contribution in [1.82, 2.24) is 10.3 Å². The second-order valence-corrected chi connectivity index (χ2v) is 6.25. The molecular formula is C18H17IN2. The molecule has 0 aliphatic carbocycles. The SMILES string of the molecule is CCNC(c1cccc(I)c1)c1cnc2ccccc2c1. The zero-order valence-corrected chi connectivity index (χ0v) is 14.0. The highest BCUT2D eigenvalue weighted by Crippen LogP contribution is 2.25. The molecule has 1 heterocycles. The van der Waals surface area contributed by atoms with Crippen molar-refractivity contribution in [2.24, 2.45) is 0 Å². The molecule has 2 aromatic carbocycles. The number of hydrogen-bond acceptors (Lipinski definition) is 2. The summed E-state index contributed by atoms with van der Waals surface area (Å²) in [5.41, 5.74) is 3.53. The third-order valence-corrected chi connectivity index (χ3v) is 4.21. The maximum absolute atomic E-state index is 4.59. The number of aromatic nitrogens is 1. The van der Waals surface area contributed by atoms with Gasteiger partial charge in [0, 0.05) is 15.2 Å². The van der Waals surface area contributed by atoms with Crippen molar-refractivity contribution in [2.75, 3.05) is 6.54 Å². The Bertz CT molecular complexity index is 755. The summed E-state index contributed by atoms with van der Waals surface area (Å²) >= 11 is 2.36. The summed E-state index contributed by atoms with van der Waals surface area (Å²) in [6, 6.07) is 19.3. The Morgan fingerprint density at radius 2 is 1.90 bits per heavy atom. The topological polar surface area (TPSA) is 24.9 Å². The standard InChI is InChI=1S/C18H17IN2/c1-2-20-18(14-7-5-8-16(19)11-14)15-10-13-6-3-4-9-17(13)21-12-15/h3-12,18,20H,2H2,1H3. The summed E-state index contributed by atoms with van der Waals surface area (Å²) in [5, 5.41) is 4.75. The van der Waals surface area contributed by atoms with Crippen LogP contribution in [0.1, 0.15) is 24.1 Å². The Hall–Kier alpha value is -1.46. The van der Waals surface area contributed by atoms with Gasteiger partial charge in [-0.1, -0.05) is 37.3 Å². The van der Waals surface area contributed by atoms with Gasteiger partial charge in [0.2, 0.25) is 0 Å². The van der Waals surface area contributed by atoms with E-state index in [0.29, 0.717) is 0 Å². The molecule has 0 spiro atoms. The van der Waals surface area contributed by atoms with Crippen LogP contribution in [-0.2, 0) is 0 Å². The second-order valence-electron chi connectivity index (χ2n) is 5.01. The molecule has 0 bridgehead atoms. The second kappa shape index (κ2) is 6.54. The first-order valence-corrected chi connectivity index (χ1v) is 8.19. The van der Waals surface area contributed by atoms with Crippen LogP contribution in [0.4, 0.5) is 0 Å². The molecular weight excluding hydrogens is 371 g/mol. The molecule has 0 saturated carbocycles. The fraction of sp³-hybridized carbons (Fsp3) is 0.167. The summed E-state index contributed by atoms with van der Waals surface area (Å²) in [4.78, 5) is 4.59. The Morgan fingerprint density at radius 1 is 1.05 bits per heavy atom. The lowest BCUT2D eigenvalue weighted by atomic mass is 9.99. The number of halogens is 1. The number of nitrogens with zero attached hydrogens (tertiary/aromatic N) is 1. The number of fused-ring (bicyclic) bond motifs is 1. The highest BCUT2D eigenvalue weighted by molar-refractivity contribution is 14.1. The van der Waals surface area contributed by atoms with Crippen LogP contribution >= 0.6 is 22.6 Å². The molecule has 0 saturated heterocycles. The normalized spacial score (nSPS) is 12.5. The van der Waals surface area contributed by atoms with E-state index in [4.69, 9.17) is 0 Å². The maximum Gasteiger partial charge on any atom is 0.0702 e. The molecule has 0 radical (unpaired) electrons. The number of nitrogens with one attached hydrogen (secondary N) is 1. The van der Waals surface area contributed by atoms with Gasteiger partial charge in [-0.3, -0.25) is 4.98 Å². The minimum Gasteiger partial charge on any atom is -0.306 e. The number of pyridine rings is 1.